The second-order valence-electron chi connectivity index (χ2n) is 4.10. The van der Waals surface area contributed by atoms with Crippen molar-refractivity contribution < 1.29 is 4.74 Å². The van der Waals surface area contributed by atoms with Gasteiger partial charge in [0.2, 0.25) is 0 Å². The highest BCUT2D eigenvalue weighted by atomic mass is 35.5. The molecule has 0 saturated heterocycles. The van der Waals surface area contributed by atoms with Crippen LogP contribution >= 0.6 is 23.2 Å². The summed E-state index contributed by atoms with van der Waals surface area (Å²) >= 11 is 12.0. The fraction of sp³-hybridized carbons (Fsp3) is 0.214. The van der Waals surface area contributed by atoms with Crippen LogP contribution in [0.1, 0.15) is 16.8 Å². The first-order chi connectivity index (χ1) is 8.60. The van der Waals surface area contributed by atoms with Crippen molar-refractivity contribution in [3.05, 3.63) is 52.3 Å². The average Bonchev–Trinajstić information content (AvgIpc) is 2.34. The second-order valence-corrected chi connectivity index (χ2v) is 4.78. The highest BCUT2D eigenvalue weighted by Crippen LogP contribution is 2.32. The summed E-state index contributed by atoms with van der Waals surface area (Å²) in [6, 6.07) is 7.52. The molecule has 0 bridgehead atoms. The van der Waals surface area contributed by atoms with Gasteiger partial charge in [-0.05, 0) is 31.5 Å². The minimum Gasteiger partial charge on any atom is -0.455 e. The van der Waals surface area contributed by atoms with Gasteiger partial charge in [0.25, 0.3) is 0 Å². The van der Waals surface area contributed by atoms with Crippen LogP contribution in [0.2, 0.25) is 5.02 Å². The zero-order valence-corrected chi connectivity index (χ0v) is 11.7. The predicted molar refractivity (Wildman–Crippen MR) is 74.8 cm³/mol. The van der Waals surface area contributed by atoms with Crippen LogP contribution in [0.25, 0.3) is 0 Å². The number of aryl methyl sites for hydroxylation is 2. The molecule has 1 aromatic carbocycles. The fourth-order valence-electron chi connectivity index (χ4n) is 1.57. The number of halogens is 2. The van der Waals surface area contributed by atoms with Gasteiger partial charge in [0, 0.05) is 23.5 Å². The van der Waals surface area contributed by atoms with Crippen LogP contribution in [0.15, 0.2) is 30.5 Å². The lowest BCUT2D eigenvalue weighted by molar-refractivity contribution is 0.476. The number of alkyl halides is 1. The summed E-state index contributed by atoms with van der Waals surface area (Å²) in [7, 11) is 0. The third-order valence-corrected chi connectivity index (χ3v) is 3.13. The topological polar surface area (TPSA) is 22.1 Å². The van der Waals surface area contributed by atoms with E-state index in [9.17, 15) is 0 Å². The minimum atomic E-state index is 0.353. The Kier molecular flexibility index (Phi) is 4.10. The first kappa shape index (κ1) is 13.2. The van der Waals surface area contributed by atoms with Crippen molar-refractivity contribution >= 4 is 23.2 Å². The number of hydrogen-bond acceptors (Lipinski definition) is 2. The Morgan fingerprint density at radius 1 is 1.17 bits per heavy atom. The molecule has 0 radical (unpaired) electrons. The molecule has 0 atom stereocenters. The van der Waals surface area contributed by atoms with Crippen molar-refractivity contribution in [2.45, 2.75) is 19.7 Å². The van der Waals surface area contributed by atoms with Gasteiger partial charge >= 0.3 is 0 Å². The van der Waals surface area contributed by atoms with E-state index in [2.05, 4.69) is 4.98 Å². The van der Waals surface area contributed by atoms with E-state index in [0.717, 1.165) is 16.8 Å². The Morgan fingerprint density at radius 3 is 2.67 bits per heavy atom. The fourth-order valence-corrected chi connectivity index (χ4v) is 1.92. The summed E-state index contributed by atoms with van der Waals surface area (Å²) in [5.41, 5.74) is 2.81. The zero-order valence-electron chi connectivity index (χ0n) is 10.2. The van der Waals surface area contributed by atoms with Gasteiger partial charge in [0.1, 0.15) is 11.5 Å². The molecule has 2 aromatic rings. The Morgan fingerprint density at radius 2 is 1.94 bits per heavy atom. The third kappa shape index (κ3) is 2.95. The smallest absolute Gasteiger partial charge is 0.146 e. The van der Waals surface area contributed by atoms with E-state index < -0.39 is 0 Å². The number of benzene rings is 1. The summed E-state index contributed by atoms with van der Waals surface area (Å²) in [6.07, 6.45) is 1.72. The SMILES string of the molecule is Cc1ccc(Cl)c(Oc2cc(C)ncc2CCl)c1. The molecule has 0 unspecified atom stereocenters. The van der Waals surface area contributed by atoms with E-state index in [1.807, 2.05) is 38.1 Å². The van der Waals surface area contributed by atoms with Gasteiger partial charge in [-0.3, -0.25) is 4.98 Å². The lowest BCUT2D eigenvalue weighted by Crippen LogP contribution is -1.93. The molecular weight excluding hydrogens is 269 g/mol. The lowest BCUT2D eigenvalue weighted by Gasteiger charge is -2.11. The predicted octanol–water partition coefficient (Wildman–Crippen LogP) is 4.88. The van der Waals surface area contributed by atoms with Crippen LogP contribution in [0, 0.1) is 13.8 Å². The van der Waals surface area contributed by atoms with Crippen LogP contribution in [-0.2, 0) is 5.88 Å². The number of nitrogens with zero attached hydrogens (tertiary/aromatic N) is 1. The van der Waals surface area contributed by atoms with Crippen molar-refractivity contribution in [3.8, 4) is 11.5 Å². The first-order valence-corrected chi connectivity index (χ1v) is 6.47. The maximum absolute atomic E-state index is 6.11. The van der Waals surface area contributed by atoms with Gasteiger partial charge in [-0.1, -0.05) is 17.7 Å². The molecule has 0 aliphatic rings. The molecule has 0 amide bonds. The van der Waals surface area contributed by atoms with Crippen LogP contribution in [-0.4, -0.2) is 4.98 Å². The molecule has 94 valence electrons. The van der Waals surface area contributed by atoms with Gasteiger partial charge in [0.05, 0.1) is 10.9 Å². The zero-order chi connectivity index (χ0) is 13.1. The third-order valence-electron chi connectivity index (χ3n) is 2.53. The van der Waals surface area contributed by atoms with E-state index in [1.165, 1.54) is 0 Å². The van der Waals surface area contributed by atoms with E-state index in [1.54, 1.807) is 6.20 Å². The average molecular weight is 282 g/mol. The van der Waals surface area contributed by atoms with Crippen LogP contribution < -0.4 is 4.74 Å². The quantitative estimate of drug-likeness (QED) is 0.748. The monoisotopic (exact) mass is 281 g/mol. The maximum Gasteiger partial charge on any atom is 0.146 e. The van der Waals surface area contributed by atoms with Crippen molar-refractivity contribution in [2.24, 2.45) is 0 Å². The van der Waals surface area contributed by atoms with Crippen LogP contribution in [0.3, 0.4) is 0 Å². The Labute approximate surface area is 117 Å². The molecule has 2 rings (SSSR count). The molecule has 0 saturated carbocycles. The molecule has 0 aliphatic carbocycles. The highest BCUT2D eigenvalue weighted by Gasteiger charge is 2.08. The number of rotatable bonds is 3. The maximum atomic E-state index is 6.11. The van der Waals surface area contributed by atoms with Gasteiger partial charge < -0.3 is 4.74 Å². The molecule has 1 heterocycles. The number of ether oxygens (including phenoxy) is 1. The molecule has 1 aromatic heterocycles. The van der Waals surface area contributed by atoms with Gasteiger partial charge in [-0.2, -0.15) is 0 Å². The normalized spacial score (nSPS) is 10.4. The summed E-state index contributed by atoms with van der Waals surface area (Å²) in [6.45, 7) is 3.90. The molecule has 0 fully saturated rings. The highest BCUT2D eigenvalue weighted by molar-refractivity contribution is 6.32. The van der Waals surface area contributed by atoms with Crippen molar-refractivity contribution in [2.75, 3.05) is 0 Å². The molecular formula is C14H13Cl2NO. The molecule has 18 heavy (non-hydrogen) atoms. The summed E-state index contributed by atoms with van der Waals surface area (Å²) < 4.78 is 5.84. The van der Waals surface area contributed by atoms with E-state index in [-0.39, 0.29) is 0 Å². The summed E-state index contributed by atoms with van der Waals surface area (Å²) in [5, 5.41) is 0.579. The van der Waals surface area contributed by atoms with E-state index >= 15 is 0 Å². The van der Waals surface area contributed by atoms with E-state index in [4.69, 9.17) is 27.9 Å². The van der Waals surface area contributed by atoms with Gasteiger partial charge in [-0.15, -0.1) is 11.6 Å². The number of hydrogen-bond donors (Lipinski definition) is 0. The number of aromatic nitrogens is 1. The molecule has 2 nitrogen and oxygen atoms in total. The van der Waals surface area contributed by atoms with Gasteiger partial charge in [0.15, 0.2) is 0 Å². The first-order valence-electron chi connectivity index (χ1n) is 5.55. The Hall–Kier alpha value is -1.25. The largest absolute Gasteiger partial charge is 0.455 e. The van der Waals surface area contributed by atoms with Crippen molar-refractivity contribution in [3.63, 3.8) is 0 Å². The Balaban J connectivity index is 2.38. The van der Waals surface area contributed by atoms with Crippen molar-refractivity contribution in [1.82, 2.24) is 4.98 Å². The molecule has 0 N–H and O–H groups in total. The Bertz CT molecular complexity index is 570. The second kappa shape index (κ2) is 5.59. The van der Waals surface area contributed by atoms with Crippen LogP contribution in [0.5, 0.6) is 11.5 Å². The summed E-state index contributed by atoms with van der Waals surface area (Å²) in [5.74, 6) is 1.69. The van der Waals surface area contributed by atoms with Crippen molar-refractivity contribution in [1.29, 1.82) is 0 Å². The van der Waals surface area contributed by atoms with Gasteiger partial charge in [-0.25, -0.2) is 0 Å². The molecule has 4 heteroatoms. The number of pyridine rings is 1. The molecule has 0 spiro atoms. The molecule has 0 aliphatic heterocycles. The summed E-state index contributed by atoms with van der Waals surface area (Å²) in [4.78, 5) is 4.19. The standard InChI is InChI=1S/C14H13Cl2NO/c1-9-3-4-12(16)14(5-9)18-13-6-10(2)17-8-11(13)7-15/h3-6,8H,7H2,1-2H3. The lowest BCUT2D eigenvalue weighted by atomic mass is 10.2. The van der Waals surface area contributed by atoms with E-state index in [0.29, 0.717) is 22.4 Å². The van der Waals surface area contributed by atoms with Crippen LogP contribution in [0.4, 0.5) is 0 Å². The minimum absolute atomic E-state index is 0.353.